The van der Waals surface area contributed by atoms with Crippen LogP contribution in [0.25, 0.3) is 0 Å². The average molecular weight is 507 g/mol. The smallest absolute Gasteiger partial charge is 0.243 e. The predicted molar refractivity (Wildman–Crippen MR) is 135 cm³/mol. The van der Waals surface area contributed by atoms with Gasteiger partial charge in [-0.2, -0.15) is 0 Å². The molecule has 0 bridgehead atoms. The standard InChI is InChI=1S/C26H32Cl2N2O4/c1-5-21(25(32)29-26(2,3)4)30(16-18-19(27)7-6-8-20(18)28)24(31)12-10-17-9-11-22-23(15-17)34-14-13-33-22/h6-9,11,15,21H,5,10,12-14,16H2,1-4H3,(H,29,32). The summed E-state index contributed by atoms with van der Waals surface area (Å²) >= 11 is 12.8. The molecule has 6 nitrogen and oxygen atoms in total. The lowest BCUT2D eigenvalue weighted by Gasteiger charge is -2.33. The number of fused-ring (bicyclic) bond motifs is 1. The summed E-state index contributed by atoms with van der Waals surface area (Å²) < 4.78 is 11.2. The van der Waals surface area contributed by atoms with Gasteiger partial charge in [0.2, 0.25) is 11.8 Å². The fourth-order valence-electron chi connectivity index (χ4n) is 3.86. The van der Waals surface area contributed by atoms with Crippen molar-refractivity contribution in [2.45, 2.75) is 65.1 Å². The molecule has 1 heterocycles. The van der Waals surface area contributed by atoms with Crippen LogP contribution in [0.4, 0.5) is 0 Å². The Balaban J connectivity index is 1.82. The molecule has 2 aromatic carbocycles. The van der Waals surface area contributed by atoms with Gasteiger partial charge in [-0.1, -0.05) is 42.3 Å². The third-order valence-electron chi connectivity index (χ3n) is 5.51. The first-order chi connectivity index (χ1) is 16.1. The van der Waals surface area contributed by atoms with Crippen LogP contribution >= 0.6 is 23.2 Å². The van der Waals surface area contributed by atoms with Gasteiger partial charge in [0.25, 0.3) is 0 Å². The Hall–Kier alpha value is -2.44. The second-order valence-corrected chi connectivity index (χ2v) is 10.2. The van der Waals surface area contributed by atoms with Gasteiger partial charge in [-0.15, -0.1) is 0 Å². The van der Waals surface area contributed by atoms with E-state index < -0.39 is 11.6 Å². The maximum atomic E-state index is 13.5. The van der Waals surface area contributed by atoms with Gasteiger partial charge in [-0.25, -0.2) is 0 Å². The number of nitrogens with zero attached hydrogens (tertiary/aromatic N) is 1. The van der Waals surface area contributed by atoms with E-state index >= 15 is 0 Å². The fraction of sp³-hybridized carbons (Fsp3) is 0.462. The van der Waals surface area contributed by atoms with Crippen LogP contribution in [-0.4, -0.2) is 41.5 Å². The van der Waals surface area contributed by atoms with Gasteiger partial charge >= 0.3 is 0 Å². The number of ether oxygens (including phenoxy) is 2. The van der Waals surface area contributed by atoms with Crippen molar-refractivity contribution in [1.29, 1.82) is 0 Å². The van der Waals surface area contributed by atoms with Crippen LogP contribution in [0.1, 0.15) is 51.7 Å². The molecule has 184 valence electrons. The third kappa shape index (κ3) is 6.80. The van der Waals surface area contributed by atoms with Gasteiger partial charge in [0.15, 0.2) is 11.5 Å². The second-order valence-electron chi connectivity index (χ2n) is 9.36. The number of nitrogens with one attached hydrogen (secondary N) is 1. The average Bonchev–Trinajstić information content (AvgIpc) is 2.78. The molecular weight excluding hydrogens is 475 g/mol. The maximum Gasteiger partial charge on any atom is 0.243 e. The number of rotatable bonds is 8. The zero-order valence-electron chi connectivity index (χ0n) is 20.1. The first-order valence-electron chi connectivity index (χ1n) is 11.5. The highest BCUT2D eigenvalue weighted by Crippen LogP contribution is 2.31. The summed E-state index contributed by atoms with van der Waals surface area (Å²) in [7, 11) is 0. The van der Waals surface area contributed by atoms with E-state index in [2.05, 4.69) is 5.32 Å². The van der Waals surface area contributed by atoms with E-state index in [1.165, 1.54) is 0 Å². The molecule has 1 atom stereocenters. The molecule has 1 aliphatic heterocycles. The van der Waals surface area contributed by atoms with Crippen LogP contribution in [0.2, 0.25) is 10.0 Å². The van der Waals surface area contributed by atoms with E-state index in [1.807, 2.05) is 45.9 Å². The highest BCUT2D eigenvalue weighted by Gasteiger charge is 2.31. The summed E-state index contributed by atoms with van der Waals surface area (Å²) in [6, 6.07) is 10.3. The minimum atomic E-state index is -0.653. The summed E-state index contributed by atoms with van der Waals surface area (Å²) in [6.45, 7) is 8.81. The van der Waals surface area contributed by atoms with Crippen molar-refractivity contribution in [3.05, 3.63) is 57.6 Å². The molecule has 2 aromatic rings. The monoisotopic (exact) mass is 506 g/mol. The van der Waals surface area contributed by atoms with Crippen molar-refractivity contribution in [3.63, 3.8) is 0 Å². The quantitative estimate of drug-likeness (QED) is 0.518. The Kier molecular flexibility index (Phi) is 8.72. The number of carbonyl (C=O) groups is 2. The number of benzene rings is 2. The summed E-state index contributed by atoms with van der Waals surface area (Å²) in [5, 5.41) is 3.92. The molecule has 8 heteroatoms. The first-order valence-corrected chi connectivity index (χ1v) is 12.3. The van der Waals surface area contributed by atoms with Crippen LogP contribution < -0.4 is 14.8 Å². The number of hydrogen-bond acceptors (Lipinski definition) is 4. The number of carbonyl (C=O) groups excluding carboxylic acids is 2. The van der Waals surface area contributed by atoms with Crippen LogP contribution in [0.3, 0.4) is 0 Å². The van der Waals surface area contributed by atoms with Crippen LogP contribution in [-0.2, 0) is 22.6 Å². The van der Waals surface area contributed by atoms with Gasteiger partial charge in [0.1, 0.15) is 19.3 Å². The van der Waals surface area contributed by atoms with Crippen molar-refractivity contribution in [1.82, 2.24) is 10.2 Å². The molecule has 0 radical (unpaired) electrons. The summed E-state index contributed by atoms with van der Waals surface area (Å²) in [5.74, 6) is 1.04. The Morgan fingerprint density at radius 2 is 1.71 bits per heavy atom. The zero-order valence-corrected chi connectivity index (χ0v) is 21.6. The molecule has 1 N–H and O–H groups in total. The molecule has 0 aliphatic carbocycles. The molecular formula is C26H32Cl2N2O4. The molecule has 1 unspecified atom stereocenters. The molecule has 3 rings (SSSR count). The largest absolute Gasteiger partial charge is 0.486 e. The van der Waals surface area contributed by atoms with E-state index in [0.29, 0.717) is 53.2 Å². The second kappa shape index (κ2) is 11.3. The Morgan fingerprint density at radius 3 is 2.32 bits per heavy atom. The Bertz CT molecular complexity index is 1020. The molecule has 0 spiro atoms. The highest BCUT2D eigenvalue weighted by molar-refractivity contribution is 6.36. The van der Waals surface area contributed by atoms with Crippen molar-refractivity contribution < 1.29 is 19.1 Å². The van der Waals surface area contributed by atoms with Crippen LogP contribution in [0, 0.1) is 0 Å². The predicted octanol–water partition coefficient (Wildman–Crippen LogP) is 5.42. The van der Waals surface area contributed by atoms with Gasteiger partial charge in [0, 0.05) is 34.1 Å². The van der Waals surface area contributed by atoms with E-state index in [9.17, 15) is 9.59 Å². The van der Waals surface area contributed by atoms with Gasteiger partial charge < -0.3 is 19.7 Å². The van der Waals surface area contributed by atoms with Crippen molar-refractivity contribution >= 4 is 35.0 Å². The van der Waals surface area contributed by atoms with E-state index in [0.717, 1.165) is 5.56 Å². The van der Waals surface area contributed by atoms with E-state index in [1.54, 1.807) is 23.1 Å². The first kappa shape index (κ1) is 26.2. The number of halogens is 2. The lowest BCUT2D eigenvalue weighted by Crippen LogP contribution is -2.53. The lowest BCUT2D eigenvalue weighted by molar-refractivity contribution is -0.142. The van der Waals surface area contributed by atoms with Crippen LogP contribution in [0.5, 0.6) is 11.5 Å². The topological polar surface area (TPSA) is 67.9 Å². The van der Waals surface area contributed by atoms with Gasteiger partial charge in [-0.05, 0) is 63.4 Å². The normalized spacial score (nSPS) is 13.8. The van der Waals surface area contributed by atoms with Crippen molar-refractivity contribution in [2.24, 2.45) is 0 Å². The Labute approximate surface area is 211 Å². The zero-order chi connectivity index (χ0) is 24.9. The molecule has 0 aromatic heterocycles. The van der Waals surface area contributed by atoms with E-state index in [-0.39, 0.29) is 24.8 Å². The minimum absolute atomic E-state index is 0.147. The van der Waals surface area contributed by atoms with Crippen LogP contribution in [0.15, 0.2) is 36.4 Å². The lowest BCUT2D eigenvalue weighted by atomic mass is 10.0. The number of amides is 2. The molecule has 34 heavy (non-hydrogen) atoms. The highest BCUT2D eigenvalue weighted by atomic mass is 35.5. The van der Waals surface area contributed by atoms with E-state index in [4.69, 9.17) is 32.7 Å². The summed E-state index contributed by atoms with van der Waals surface area (Å²) in [4.78, 5) is 28.2. The molecule has 0 saturated heterocycles. The molecule has 2 amide bonds. The van der Waals surface area contributed by atoms with Gasteiger partial charge in [-0.3, -0.25) is 9.59 Å². The summed E-state index contributed by atoms with van der Waals surface area (Å²) in [6.07, 6.45) is 1.18. The molecule has 0 fully saturated rings. The van der Waals surface area contributed by atoms with Gasteiger partial charge in [0.05, 0.1) is 0 Å². The third-order valence-corrected chi connectivity index (χ3v) is 6.22. The SMILES string of the molecule is CCC(C(=O)NC(C)(C)C)N(Cc1c(Cl)cccc1Cl)C(=O)CCc1ccc2c(c1)OCCO2. The fourth-order valence-corrected chi connectivity index (χ4v) is 4.38. The summed E-state index contributed by atoms with van der Waals surface area (Å²) in [5.41, 5.74) is 1.16. The number of hydrogen-bond donors (Lipinski definition) is 1. The van der Waals surface area contributed by atoms with Crippen molar-refractivity contribution in [2.75, 3.05) is 13.2 Å². The Morgan fingerprint density at radius 1 is 1.06 bits per heavy atom. The minimum Gasteiger partial charge on any atom is -0.486 e. The maximum absolute atomic E-state index is 13.5. The molecule has 0 saturated carbocycles. The molecule has 1 aliphatic rings. The number of aryl methyl sites for hydroxylation is 1. The van der Waals surface area contributed by atoms with Crippen molar-refractivity contribution in [3.8, 4) is 11.5 Å².